The van der Waals surface area contributed by atoms with E-state index in [0.717, 1.165) is 5.56 Å². The Morgan fingerprint density at radius 1 is 0.520 bits per heavy atom. The van der Waals surface area contributed by atoms with Gasteiger partial charge in [0, 0.05) is 62.0 Å². The van der Waals surface area contributed by atoms with E-state index in [-0.39, 0.29) is 88.3 Å². The van der Waals surface area contributed by atoms with Gasteiger partial charge in [0.15, 0.2) is 17.5 Å². The zero-order valence-corrected chi connectivity index (χ0v) is 53.6. The third-order valence-corrected chi connectivity index (χ3v) is 17.0. The predicted molar refractivity (Wildman–Crippen MR) is 334 cm³/mol. The fourth-order valence-electron chi connectivity index (χ4n) is 11.8. The van der Waals surface area contributed by atoms with Crippen molar-refractivity contribution in [2.75, 3.05) is 19.6 Å². The molecule has 0 spiro atoms. The minimum Gasteiger partial charge on any atom is -0.374 e. The van der Waals surface area contributed by atoms with E-state index in [1.54, 1.807) is 108 Å². The molecule has 98 heavy (non-hydrogen) atoms. The second-order valence-electron chi connectivity index (χ2n) is 24.1. The smallest absolute Gasteiger partial charge is 0.374 e. The second-order valence-corrected chi connectivity index (χ2v) is 24.1. The molecule has 6 aromatic heterocycles. The molecular formula is C65H65ClF10N16O6. The van der Waals surface area contributed by atoms with Crippen LogP contribution in [0.3, 0.4) is 0 Å². The van der Waals surface area contributed by atoms with Crippen LogP contribution in [0.1, 0.15) is 144 Å². The number of benzene rings is 3. The number of hydrogen-bond donors (Lipinski definition) is 3. The topological polar surface area (TPSA) is 271 Å². The van der Waals surface area contributed by atoms with Crippen LogP contribution >= 0.6 is 12.4 Å². The Kier molecular flexibility index (Phi) is 20.4. The summed E-state index contributed by atoms with van der Waals surface area (Å²) in [5, 5.41) is 57.5. The lowest BCUT2D eigenvalue weighted by Crippen LogP contribution is -2.46. The maximum Gasteiger partial charge on any atom is 0.424 e. The van der Waals surface area contributed by atoms with Crippen molar-refractivity contribution in [3.05, 3.63) is 178 Å². The van der Waals surface area contributed by atoms with Crippen LogP contribution in [0.4, 0.5) is 43.9 Å². The van der Waals surface area contributed by atoms with Crippen LogP contribution < -0.4 is 0 Å². The lowest BCUT2D eigenvalue weighted by Gasteiger charge is -2.36. The van der Waals surface area contributed by atoms with Crippen LogP contribution in [0.5, 0.6) is 0 Å². The first-order valence-electron chi connectivity index (χ1n) is 29.5. The van der Waals surface area contributed by atoms with Gasteiger partial charge in [-0.2, -0.15) is 60.2 Å². The average Bonchev–Trinajstić information content (AvgIpc) is 1.54. The van der Waals surface area contributed by atoms with E-state index >= 15 is 0 Å². The van der Waals surface area contributed by atoms with E-state index in [2.05, 4.69) is 30.1 Å². The normalized spacial score (nSPS) is 17.8. The molecule has 3 amide bonds. The summed E-state index contributed by atoms with van der Waals surface area (Å²) in [6.45, 7) is 7.54. The summed E-state index contributed by atoms with van der Waals surface area (Å²) in [6.07, 6.45) is -9.40. The molecule has 518 valence electrons. The van der Waals surface area contributed by atoms with Crippen LogP contribution in [-0.4, -0.2) is 139 Å². The molecule has 0 saturated carbocycles. The molecule has 3 aromatic carbocycles. The molecule has 9 aromatic rings. The molecule has 3 aliphatic rings. The standard InChI is InChI=1S/C23H20F3N5O2.C21H21F4N5O2.C20H19F3N6O2.CH4.ClH/c1-14-12-30(13-18-11-29-21(31(14)18)22(2,33)23(24,25)26)20(32)17-7-8-28-19(9-17)16-5-3-15(10-27)4-6-16;1-12-10-29(11-15-9-26-19(30(12)15)20(2,32)21(23,24)25)18(31)17-8-16(27-28(17)3)13-4-6-14(22)7-5-13;1-11-9-28(10-13-8-25-18(29(11)13)19(2,31)20(21,22)23)17(30)16-14-5-4-12(7-24)6-15(14)26-27(16)3;;/h3-9,11,14,33H,12-13H2,1-2H3;4-9,12,32H,10-11H2,1-3H3;4-6,8,11,31H,9-10H2,1-3H3;1H4;1H/t14-,22+;12-,20+;11-,19+;;/m000../s1. The van der Waals surface area contributed by atoms with Gasteiger partial charge in [-0.3, -0.25) is 28.7 Å². The number of rotatable bonds is 8. The first-order chi connectivity index (χ1) is 44.9. The van der Waals surface area contributed by atoms with Crippen LogP contribution in [-0.2, 0) is 50.5 Å². The number of carbonyl (C=O) groups is 3. The summed E-state index contributed by atoms with van der Waals surface area (Å²) >= 11 is 0. The molecule has 0 aliphatic carbocycles. The first-order valence-corrected chi connectivity index (χ1v) is 29.5. The second kappa shape index (κ2) is 27.1. The molecule has 33 heteroatoms. The number of fused-ring (bicyclic) bond motifs is 4. The van der Waals surface area contributed by atoms with Crippen molar-refractivity contribution in [1.82, 2.24) is 67.9 Å². The summed E-state index contributed by atoms with van der Waals surface area (Å²) in [5.74, 6) is -2.85. The van der Waals surface area contributed by atoms with Crippen LogP contribution in [0.2, 0.25) is 0 Å². The number of nitriles is 2. The number of alkyl halides is 9. The minimum absolute atomic E-state index is 0. The number of aryl methyl sites for hydroxylation is 2. The zero-order chi connectivity index (χ0) is 70.1. The summed E-state index contributed by atoms with van der Waals surface area (Å²) in [6, 6.07) is 24.6. The summed E-state index contributed by atoms with van der Waals surface area (Å²) < 4.78 is 140. The van der Waals surface area contributed by atoms with E-state index in [1.165, 1.54) is 74.7 Å². The van der Waals surface area contributed by atoms with Crippen molar-refractivity contribution >= 4 is 41.0 Å². The highest BCUT2D eigenvalue weighted by atomic mass is 35.5. The third kappa shape index (κ3) is 13.7. The molecule has 22 nitrogen and oxygen atoms in total. The number of amides is 3. The fraction of sp³-hybridized carbons (Fsp3) is 0.369. The molecule has 3 N–H and O–H groups in total. The Morgan fingerprint density at radius 3 is 1.37 bits per heavy atom. The summed E-state index contributed by atoms with van der Waals surface area (Å²) in [4.78, 5) is 60.0. The quantitative estimate of drug-likeness (QED) is 0.119. The van der Waals surface area contributed by atoms with Gasteiger partial charge in [-0.15, -0.1) is 12.4 Å². The summed E-state index contributed by atoms with van der Waals surface area (Å²) in [5.41, 5.74) is -3.28. The van der Waals surface area contributed by atoms with Gasteiger partial charge in [0.05, 0.1) is 114 Å². The molecular weight excluding hydrogens is 1330 g/mol. The monoisotopic (exact) mass is 1390 g/mol. The Morgan fingerprint density at radius 2 is 0.929 bits per heavy atom. The maximum atomic E-state index is 13.4. The van der Waals surface area contributed by atoms with E-state index in [0.29, 0.717) is 88.1 Å². The highest BCUT2D eigenvalue weighted by Crippen LogP contribution is 2.44. The zero-order valence-electron chi connectivity index (χ0n) is 52.8. The van der Waals surface area contributed by atoms with Gasteiger partial charge in [0.2, 0.25) is 16.8 Å². The van der Waals surface area contributed by atoms with Gasteiger partial charge >= 0.3 is 18.5 Å². The molecule has 12 rings (SSSR count). The van der Waals surface area contributed by atoms with E-state index < -0.39 is 70.9 Å². The van der Waals surface area contributed by atoms with Crippen molar-refractivity contribution < 1.29 is 73.6 Å². The first kappa shape index (κ1) is 73.8. The van der Waals surface area contributed by atoms with Gasteiger partial charge in [0.25, 0.3) is 17.7 Å². The van der Waals surface area contributed by atoms with Gasteiger partial charge in [-0.25, -0.2) is 19.3 Å². The number of halogens is 11. The number of carbonyl (C=O) groups excluding carboxylic acids is 3. The molecule has 9 heterocycles. The maximum absolute atomic E-state index is 13.4. The van der Waals surface area contributed by atoms with Crippen LogP contribution in [0.15, 0.2) is 110 Å². The lowest BCUT2D eigenvalue weighted by atomic mass is 10.0. The number of aliphatic hydroxyl groups is 3. The van der Waals surface area contributed by atoms with Crippen molar-refractivity contribution in [2.24, 2.45) is 14.1 Å². The predicted octanol–water partition coefficient (Wildman–Crippen LogP) is 10.9. The van der Waals surface area contributed by atoms with Gasteiger partial charge in [0.1, 0.15) is 17.2 Å². The van der Waals surface area contributed by atoms with E-state index in [9.17, 15) is 73.6 Å². The lowest BCUT2D eigenvalue weighted by molar-refractivity contribution is -0.263. The Hall–Kier alpha value is -10.0. The van der Waals surface area contributed by atoms with Crippen molar-refractivity contribution in [2.45, 2.75) is 122 Å². The number of pyridine rings is 1. The number of nitrogens with zero attached hydrogens (tertiary/aromatic N) is 16. The summed E-state index contributed by atoms with van der Waals surface area (Å²) in [7, 11) is 3.23. The molecule has 0 radical (unpaired) electrons. The van der Waals surface area contributed by atoms with Gasteiger partial charge in [-0.1, -0.05) is 19.6 Å². The van der Waals surface area contributed by atoms with Crippen molar-refractivity contribution in [3.63, 3.8) is 0 Å². The third-order valence-electron chi connectivity index (χ3n) is 17.0. The van der Waals surface area contributed by atoms with Crippen LogP contribution in [0, 0.1) is 28.5 Å². The molecule has 0 saturated heterocycles. The van der Waals surface area contributed by atoms with Crippen LogP contribution in [0.25, 0.3) is 33.4 Å². The molecule has 0 unspecified atom stereocenters. The van der Waals surface area contributed by atoms with Crippen molar-refractivity contribution in [3.8, 4) is 34.7 Å². The number of imidazole rings is 3. The molecule has 0 fully saturated rings. The largest absolute Gasteiger partial charge is 0.424 e. The van der Waals surface area contributed by atoms with Gasteiger partial charge in [-0.05, 0) is 114 Å². The highest BCUT2D eigenvalue weighted by molar-refractivity contribution is 6.05. The fourth-order valence-corrected chi connectivity index (χ4v) is 11.8. The van der Waals surface area contributed by atoms with E-state index in [1.807, 2.05) is 12.1 Å². The molecule has 3 aliphatic heterocycles. The minimum atomic E-state index is -4.90. The molecule has 6 atom stereocenters. The highest BCUT2D eigenvalue weighted by Gasteiger charge is 2.57. The SMILES string of the molecule is C.C[C@H]1CN(C(=O)c2c3ccc(C#N)cc3nn2C)Cc2cnc([C@@](C)(O)C(F)(F)F)n21.C[C@H]1CN(C(=O)c2cc(-c3ccc(F)cc3)nn2C)Cc2cnc([C@@](C)(O)C(F)(F)F)n21.C[C@H]1CN(C(=O)c2ccnc(-c3ccc(C#N)cc3)c2)Cc2cnc([C@@](C)(O)C(F)(F)F)n21.Cl. The van der Waals surface area contributed by atoms with E-state index in [4.69, 9.17) is 10.5 Å². The number of hydrogen-bond acceptors (Lipinski definition) is 14. The Bertz CT molecular complexity index is 4560. The Balaban J connectivity index is 0.000000186. The average molecular weight is 1390 g/mol. The molecule has 0 bridgehead atoms. The van der Waals surface area contributed by atoms with Crippen molar-refractivity contribution in [1.29, 1.82) is 10.5 Å². The number of aromatic nitrogens is 11. The van der Waals surface area contributed by atoms with Gasteiger partial charge < -0.3 is 43.7 Å². The Labute approximate surface area is 559 Å².